The summed E-state index contributed by atoms with van der Waals surface area (Å²) >= 11 is 6.12. The highest BCUT2D eigenvalue weighted by Crippen LogP contribution is 2.21. The van der Waals surface area contributed by atoms with E-state index in [9.17, 15) is 9.59 Å². The number of halogens is 1. The van der Waals surface area contributed by atoms with Gasteiger partial charge in [-0.15, -0.1) is 0 Å². The largest absolute Gasteiger partial charge is 0.497 e. The van der Waals surface area contributed by atoms with Crippen LogP contribution in [0.4, 0.5) is 0 Å². The standard InChI is InChI=1S/C23H22ClN5O3/c1-14-4-7-17(24)10-20(14)29-22-19(11-26-29)23(31)28(13-25-22)12-21(30)27-15(2)16-5-8-18(32-3)9-6-16/h4-11,13,15H,12H2,1-3H3,(H,27,30). The monoisotopic (exact) mass is 451 g/mol. The molecule has 4 aromatic rings. The number of aromatic nitrogens is 4. The number of methoxy groups -OCH3 is 1. The number of fused-ring (bicyclic) bond motifs is 1. The molecule has 32 heavy (non-hydrogen) atoms. The van der Waals surface area contributed by atoms with Gasteiger partial charge in [-0.05, 0) is 49.2 Å². The Bertz CT molecular complexity index is 1340. The maximum absolute atomic E-state index is 12.9. The molecule has 2 aromatic heterocycles. The number of nitrogens with zero attached hydrogens (tertiary/aromatic N) is 4. The van der Waals surface area contributed by atoms with Crippen LogP contribution in [-0.2, 0) is 11.3 Å². The van der Waals surface area contributed by atoms with E-state index in [1.165, 1.54) is 17.1 Å². The van der Waals surface area contributed by atoms with Gasteiger partial charge in [-0.25, -0.2) is 9.67 Å². The number of hydrogen-bond acceptors (Lipinski definition) is 5. The molecule has 1 unspecified atom stereocenters. The van der Waals surface area contributed by atoms with Crippen LogP contribution in [-0.4, -0.2) is 32.3 Å². The molecule has 9 heteroatoms. The van der Waals surface area contributed by atoms with Crippen LogP contribution in [0.15, 0.2) is 59.8 Å². The number of aryl methyl sites for hydroxylation is 1. The Morgan fingerprint density at radius 1 is 1.22 bits per heavy atom. The summed E-state index contributed by atoms with van der Waals surface area (Å²) in [6, 6.07) is 12.6. The third kappa shape index (κ3) is 4.22. The fraction of sp³-hybridized carbons (Fsp3) is 0.217. The summed E-state index contributed by atoms with van der Waals surface area (Å²) in [5, 5.41) is 8.10. The molecule has 4 rings (SSSR count). The number of nitrogens with one attached hydrogen (secondary N) is 1. The van der Waals surface area contributed by atoms with Crippen molar-refractivity contribution in [3.63, 3.8) is 0 Å². The van der Waals surface area contributed by atoms with Gasteiger partial charge in [0.1, 0.15) is 24.0 Å². The minimum absolute atomic E-state index is 0.149. The zero-order valence-corrected chi connectivity index (χ0v) is 18.6. The topological polar surface area (TPSA) is 91.0 Å². The summed E-state index contributed by atoms with van der Waals surface area (Å²) < 4.78 is 8.00. The van der Waals surface area contributed by atoms with E-state index in [1.54, 1.807) is 23.9 Å². The lowest BCUT2D eigenvalue weighted by Gasteiger charge is -2.15. The molecule has 0 fully saturated rings. The van der Waals surface area contributed by atoms with Crippen molar-refractivity contribution in [2.75, 3.05) is 7.11 Å². The van der Waals surface area contributed by atoms with E-state index in [0.717, 1.165) is 22.6 Å². The van der Waals surface area contributed by atoms with Gasteiger partial charge in [0.15, 0.2) is 5.65 Å². The molecule has 0 radical (unpaired) electrons. The number of carbonyl (C=O) groups excluding carboxylic acids is 1. The average molecular weight is 452 g/mol. The number of benzene rings is 2. The van der Waals surface area contributed by atoms with Crippen LogP contribution in [0.5, 0.6) is 5.75 Å². The van der Waals surface area contributed by atoms with Crippen molar-refractivity contribution < 1.29 is 9.53 Å². The van der Waals surface area contributed by atoms with Crippen LogP contribution in [0.1, 0.15) is 24.1 Å². The highest BCUT2D eigenvalue weighted by atomic mass is 35.5. The first-order valence-electron chi connectivity index (χ1n) is 10.0. The molecule has 0 saturated carbocycles. The SMILES string of the molecule is COc1ccc(C(C)NC(=O)Cn2cnc3c(cnn3-c3cc(Cl)ccc3C)c2=O)cc1. The van der Waals surface area contributed by atoms with Gasteiger partial charge in [0.25, 0.3) is 5.56 Å². The summed E-state index contributed by atoms with van der Waals surface area (Å²) in [6.45, 7) is 3.65. The molecule has 2 heterocycles. The van der Waals surface area contributed by atoms with Crippen LogP contribution in [0.2, 0.25) is 5.02 Å². The molecular formula is C23H22ClN5O3. The summed E-state index contributed by atoms with van der Waals surface area (Å²) in [4.78, 5) is 29.9. The highest BCUT2D eigenvalue weighted by Gasteiger charge is 2.16. The molecule has 8 nitrogen and oxygen atoms in total. The van der Waals surface area contributed by atoms with Gasteiger partial charge in [-0.1, -0.05) is 29.8 Å². The van der Waals surface area contributed by atoms with Crippen LogP contribution in [0.3, 0.4) is 0 Å². The van der Waals surface area contributed by atoms with E-state index in [2.05, 4.69) is 15.4 Å². The second-order valence-electron chi connectivity index (χ2n) is 7.46. The van der Waals surface area contributed by atoms with Crippen LogP contribution >= 0.6 is 11.6 Å². The number of hydrogen-bond donors (Lipinski definition) is 1. The van der Waals surface area contributed by atoms with Gasteiger partial charge >= 0.3 is 0 Å². The molecule has 0 saturated heterocycles. The Hall–Kier alpha value is -3.65. The van der Waals surface area contributed by atoms with E-state index in [0.29, 0.717) is 16.1 Å². The first-order chi connectivity index (χ1) is 15.4. The number of carbonyl (C=O) groups is 1. The molecule has 0 aliphatic heterocycles. The van der Waals surface area contributed by atoms with Crippen molar-refractivity contribution in [2.45, 2.75) is 26.4 Å². The minimum atomic E-state index is -0.340. The van der Waals surface area contributed by atoms with E-state index >= 15 is 0 Å². The Balaban J connectivity index is 1.55. The second kappa shape index (κ2) is 8.84. The summed E-state index contributed by atoms with van der Waals surface area (Å²) in [6.07, 6.45) is 2.82. The van der Waals surface area contributed by atoms with E-state index in [1.807, 2.05) is 44.2 Å². The van der Waals surface area contributed by atoms with Crippen molar-refractivity contribution in [2.24, 2.45) is 0 Å². The Morgan fingerprint density at radius 3 is 2.69 bits per heavy atom. The molecule has 2 aromatic carbocycles. The predicted octanol–water partition coefficient (Wildman–Crippen LogP) is 3.43. The lowest BCUT2D eigenvalue weighted by Crippen LogP contribution is -2.33. The average Bonchev–Trinajstić information content (AvgIpc) is 3.22. The lowest BCUT2D eigenvalue weighted by molar-refractivity contribution is -0.122. The Morgan fingerprint density at radius 2 is 1.97 bits per heavy atom. The van der Waals surface area contributed by atoms with Gasteiger partial charge < -0.3 is 10.1 Å². The summed E-state index contributed by atoms with van der Waals surface area (Å²) in [5.41, 5.74) is 2.68. The van der Waals surface area contributed by atoms with Crippen LogP contribution < -0.4 is 15.6 Å². The molecule has 1 N–H and O–H groups in total. The van der Waals surface area contributed by atoms with E-state index in [4.69, 9.17) is 16.3 Å². The predicted molar refractivity (Wildman–Crippen MR) is 122 cm³/mol. The number of amides is 1. The summed E-state index contributed by atoms with van der Waals surface area (Å²) in [7, 11) is 1.60. The van der Waals surface area contributed by atoms with E-state index in [-0.39, 0.29) is 24.1 Å². The zero-order chi connectivity index (χ0) is 22.8. The third-order valence-corrected chi connectivity index (χ3v) is 5.50. The molecule has 0 aliphatic rings. The van der Waals surface area contributed by atoms with Gasteiger partial charge in [-0.3, -0.25) is 14.2 Å². The van der Waals surface area contributed by atoms with Gasteiger partial charge in [0.05, 0.1) is 25.0 Å². The molecular weight excluding hydrogens is 430 g/mol. The Labute approximate surface area is 189 Å². The summed E-state index contributed by atoms with van der Waals surface area (Å²) in [5.74, 6) is 0.446. The maximum Gasteiger partial charge on any atom is 0.264 e. The lowest BCUT2D eigenvalue weighted by atomic mass is 10.1. The van der Waals surface area contributed by atoms with Crippen LogP contribution in [0, 0.1) is 6.92 Å². The van der Waals surface area contributed by atoms with Crippen molar-refractivity contribution in [1.82, 2.24) is 24.6 Å². The molecule has 0 aliphatic carbocycles. The van der Waals surface area contributed by atoms with Crippen LogP contribution in [0.25, 0.3) is 16.7 Å². The minimum Gasteiger partial charge on any atom is -0.497 e. The number of ether oxygens (including phenoxy) is 1. The van der Waals surface area contributed by atoms with Crippen molar-refractivity contribution in [3.05, 3.63) is 81.5 Å². The van der Waals surface area contributed by atoms with Crippen molar-refractivity contribution in [1.29, 1.82) is 0 Å². The first-order valence-corrected chi connectivity index (χ1v) is 10.4. The molecule has 0 bridgehead atoms. The molecule has 1 atom stereocenters. The molecule has 0 spiro atoms. The normalized spacial score (nSPS) is 12.0. The quantitative estimate of drug-likeness (QED) is 0.485. The maximum atomic E-state index is 12.9. The van der Waals surface area contributed by atoms with Gasteiger partial charge in [0.2, 0.25) is 5.91 Å². The van der Waals surface area contributed by atoms with Gasteiger partial charge in [-0.2, -0.15) is 5.10 Å². The first kappa shape index (κ1) is 21.6. The fourth-order valence-electron chi connectivity index (χ4n) is 3.47. The Kier molecular flexibility index (Phi) is 5.96. The molecule has 164 valence electrons. The van der Waals surface area contributed by atoms with Crippen molar-refractivity contribution >= 4 is 28.5 Å². The second-order valence-corrected chi connectivity index (χ2v) is 7.90. The molecule has 1 amide bonds. The smallest absolute Gasteiger partial charge is 0.264 e. The van der Waals surface area contributed by atoms with E-state index < -0.39 is 0 Å². The zero-order valence-electron chi connectivity index (χ0n) is 17.9. The highest BCUT2D eigenvalue weighted by molar-refractivity contribution is 6.30. The van der Waals surface area contributed by atoms with Crippen molar-refractivity contribution in [3.8, 4) is 11.4 Å². The third-order valence-electron chi connectivity index (χ3n) is 5.26. The van der Waals surface area contributed by atoms with Gasteiger partial charge in [0, 0.05) is 5.02 Å². The number of rotatable bonds is 6. The fourth-order valence-corrected chi connectivity index (χ4v) is 3.63.